The number of allylic oxidation sites excluding steroid dienone is 2. The quantitative estimate of drug-likeness (QED) is 0.125. The maximum absolute atomic E-state index is 10.5. The van der Waals surface area contributed by atoms with Crippen LogP contribution in [0, 0.1) is 11.8 Å². The van der Waals surface area contributed by atoms with Crippen LogP contribution in [0.2, 0.25) is 0 Å². The van der Waals surface area contributed by atoms with Crippen molar-refractivity contribution in [3.8, 4) is 0 Å². The Morgan fingerprint density at radius 2 is 1.70 bits per heavy atom. The first-order valence-electron chi connectivity index (χ1n) is 11.8. The Morgan fingerprint density at radius 1 is 1.06 bits per heavy atom. The SMILES string of the molecule is CCCCC[C@H](O)C=C[C@@H]1[C@@H](CC=CCCCC(=O)O)[C@@H](O)C[C@H]1O.NC(CO)(CO)CO. The van der Waals surface area contributed by atoms with E-state index in [-0.39, 0.29) is 18.3 Å². The normalized spacial score (nSPS) is 24.2. The number of carboxylic acid groups (broad SMARTS) is 1. The summed E-state index contributed by atoms with van der Waals surface area (Å²) in [5, 5.41) is 64.0. The molecule has 9 nitrogen and oxygen atoms in total. The number of carbonyl (C=O) groups is 1. The lowest BCUT2D eigenvalue weighted by Crippen LogP contribution is -2.50. The van der Waals surface area contributed by atoms with Gasteiger partial charge in [0.15, 0.2) is 0 Å². The summed E-state index contributed by atoms with van der Waals surface area (Å²) in [6, 6.07) is 0. The first-order chi connectivity index (χ1) is 15.6. The number of aliphatic carboxylic acids is 1. The molecule has 0 aliphatic heterocycles. The number of unbranched alkanes of at least 4 members (excludes halogenated alkanes) is 3. The summed E-state index contributed by atoms with van der Waals surface area (Å²) in [5.74, 6) is -1.00. The maximum atomic E-state index is 10.5. The van der Waals surface area contributed by atoms with Crippen LogP contribution in [0.5, 0.6) is 0 Å². The molecule has 0 heterocycles. The molecule has 1 saturated carbocycles. The first-order valence-corrected chi connectivity index (χ1v) is 11.8. The van der Waals surface area contributed by atoms with Gasteiger partial charge >= 0.3 is 5.97 Å². The summed E-state index contributed by atoms with van der Waals surface area (Å²) in [6.07, 6.45) is 12.3. The number of aliphatic hydroxyl groups is 6. The Kier molecular flexibility index (Phi) is 17.3. The van der Waals surface area contributed by atoms with Crippen molar-refractivity contribution in [1.82, 2.24) is 0 Å². The van der Waals surface area contributed by atoms with Crippen molar-refractivity contribution in [3.05, 3.63) is 24.3 Å². The van der Waals surface area contributed by atoms with Crippen LogP contribution in [0.15, 0.2) is 24.3 Å². The molecule has 0 aromatic heterocycles. The highest BCUT2D eigenvalue weighted by molar-refractivity contribution is 5.66. The van der Waals surface area contributed by atoms with Gasteiger partial charge < -0.3 is 41.5 Å². The van der Waals surface area contributed by atoms with Crippen molar-refractivity contribution in [3.63, 3.8) is 0 Å². The van der Waals surface area contributed by atoms with Crippen LogP contribution in [-0.2, 0) is 4.79 Å². The number of nitrogens with two attached hydrogens (primary N) is 1. The monoisotopic (exact) mass is 475 g/mol. The minimum atomic E-state index is -1.21. The Hall–Kier alpha value is -1.33. The number of aliphatic hydroxyl groups excluding tert-OH is 6. The molecule has 33 heavy (non-hydrogen) atoms. The largest absolute Gasteiger partial charge is 0.481 e. The van der Waals surface area contributed by atoms with E-state index in [0.29, 0.717) is 25.7 Å². The third-order valence-corrected chi connectivity index (χ3v) is 5.86. The predicted molar refractivity (Wildman–Crippen MR) is 126 cm³/mol. The van der Waals surface area contributed by atoms with Crippen LogP contribution in [0.4, 0.5) is 0 Å². The molecular formula is C24H45NO8. The molecule has 0 spiro atoms. The molecule has 0 bridgehead atoms. The smallest absolute Gasteiger partial charge is 0.303 e. The molecule has 1 aliphatic rings. The van der Waals surface area contributed by atoms with Gasteiger partial charge in [-0.15, -0.1) is 0 Å². The van der Waals surface area contributed by atoms with Crippen molar-refractivity contribution in [2.45, 2.75) is 88.6 Å². The summed E-state index contributed by atoms with van der Waals surface area (Å²) in [5.41, 5.74) is 3.94. The van der Waals surface area contributed by atoms with Gasteiger partial charge in [0.05, 0.1) is 43.7 Å². The lowest BCUT2D eigenvalue weighted by molar-refractivity contribution is -0.137. The zero-order chi connectivity index (χ0) is 25.3. The Bertz CT molecular complexity index is 556. The maximum Gasteiger partial charge on any atom is 0.303 e. The van der Waals surface area contributed by atoms with Crippen molar-refractivity contribution >= 4 is 5.97 Å². The molecule has 0 amide bonds. The van der Waals surface area contributed by atoms with E-state index >= 15 is 0 Å². The fourth-order valence-corrected chi connectivity index (χ4v) is 3.56. The van der Waals surface area contributed by atoms with Crippen molar-refractivity contribution in [1.29, 1.82) is 0 Å². The van der Waals surface area contributed by atoms with Gasteiger partial charge in [0.1, 0.15) is 0 Å². The molecular weight excluding hydrogens is 430 g/mol. The van der Waals surface area contributed by atoms with Crippen LogP contribution < -0.4 is 5.73 Å². The van der Waals surface area contributed by atoms with E-state index < -0.39 is 49.6 Å². The first kappa shape index (κ1) is 31.7. The molecule has 1 fully saturated rings. The highest BCUT2D eigenvalue weighted by Crippen LogP contribution is 2.36. The minimum absolute atomic E-state index is 0.0650. The lowest BCUT2D eigenvalue weighted by Gasteiger charge is -2.20. The molecule has 0 aromatic rings. The number of carboxylic acids is 1. The Labute approximate surface area is 197 Å². The van der Waals surface area contributed by atoms with Gasteiger partial charge in [0.2, 0.25) is 0 Å². The van der Waals surface area contributed by atoms with Crippen LogP contribution >= 0.6 is 0 Å². The van der Waals surface area contributed by atoms with Gasteiger partial charge in [-0.1, -0.05) is 50.5 Å². The van der Waals surface area contributed by atoms with E-state index in [0.717, 1.165) is 25.7 Å². The molecule has 0 saturated heterocycles. The highest BCUT2D eigenvalue weighted by Gasteiger charge is 2.39. The molecule has 0 unspecified atom stereocenters. The van der Waals surface area contributed by atoms with Gasteiger partial charge in [-0.05, 0) is 31.6 Å². The van der Waals surface area contributed by atoms with E-state index in [4.69, 9.17) is 26.2 Å². The van der Waals surface area contributed by atoms with E-state index in [1.165, 1.54) is 0 Å². The Morgan fingerprint density at radius 3 is 2.21 bits per heavy atom. The average Bonchev–Trinajstić information content (AvgIpc) is 3.06. The van der Waals surface area contributed by atoms with Crippen molar-refractivity contribution in [2.75, 3.05) is 19.8 Å². The van der Waals surface area contributed by atoms with Gasteiger partial charge in [0.25, 0.3) is 0 Å². The van der Waals surface area contributed by atoms with Crippen LogP contribution in [0.3, 0.4) is 0 Å². The number of hydrogen-bond donors (Lipinski definition) is 8. The standard InChI is InChI=1S/C20H34O5.C4H11NO3/c1-2-3-6-9-15(21)12-13-17-16(18(22)14-19(17)23)10-7-4-5-8-11-20(24)25;5-4(1-6,2-7)3-8/h4,7,12-13,15-19,21-23H,2-3,5-6,8-11,14H2,1H3,(H,24,25);6-8H,1-3,5H2/t15-,16+,17+,18-,19+;/m0./s1. The van der Waals surface area contributed by atoms with E-state index in [2.05, 4.69) is 6.92 Å². The topological polar surface area (TPSA) is 185 Å². The van der Waals surface area contributed by atoms with Crippen LogP contribution in [-0.4, -0.2) is 85.4 Å². The second-order valence-corrected chi connectivity index (χ2v) is 8.89. The Balaban J connectivity index is 0.00000109. The molecule has 9 heteroatoms. The fraction of sp³-hybridized carbons (Fsp3) is 0.792. The van der Waals surface area contributed by atoms with Gasteiger partial charge in [-0.2, -0.15) is 0 Å². The molecule has 194 valence electrons. The molecule has 1 rings (SSSR count). The zero-order valence-corrected chi connectivity index (χ0v) is 19.8. The predicted octanol–water partition coefficient (Wildman–Crippen LogP) is 0.704. The molecule has 5 atom stereocenters. The molecule has 0 aromatic carbocycles. The van der Waals surface area contributed by atoms with Gasteiger partial charge in [0, 0.05) is 18.8 Å². The fourth-order valence-electron chi connectivity index (χ4n) is 3.56. The van der Waals surface area contributed by atoms with Gasteiger partial charge in [-0.25, -0.2) is 0 Å². The molecule has 1 aliphatic carbocycles. The molecule has 0 radical (unpaired) electrons. The minimum Gasteiger partial charge on any atom is -0.481 e. The number of rotatable bonds is 15. The van der Waals surface area contributed by atoms with E-state index in [9.17, 15) is 20.1 Å². The lowest BCUT2D eigenvalue weighted by atomic mass is 9.89. The summed E-state index contributed by atoms with van der Waals surface area (Å²) in [4.78, 5) is 10.5. The third-order valence-electron chi connectivity index (χ3n) is 5.86. The second-order valence-electron chi connectivity index (χ2n) is 8.89. The third kappa shape index (κ3) is 13.8. The molecule has 9 N–H and O–H groups in total. The summed E-state index contributed by atoms with van der Waals surface area (Å²) in [6.45, 7) is 0.915. The highest BCUT2D eigenvalue weighted by atomic mass is 16.4. The van der Waals surface area contributed by atoms with E-state index in [1.54, 1.807) is 6.08 Å². The summed E-state index contributed by atoms with van der Waals surface area (Å²) in [7, 11) is 0. The zero-order valence-electron chi connectivity index (χ0n) is 19.8. The van der Waals surface area contributed by atoms with Crippen molar-refractivity contribution < 1.29 is 40.5 Å². The van der Waals surface area contributed by atoms with Crippen LogP contribution in [0.1, 0.15) is 64.7 Å². The van der Waals surface area contributed by atoms with Crippen molar-refractivity contribution in [2.24, 2.45) is 17.6 Å². The van der Waals surface area contributed by atoms with Crippen LogP contribution in [0.25, 0.3) is 0 Å². The average molecular weight is 476 g/mol. The van der Waals surface area contributed by atoms with E-state index in [1.807, 2.05) is 18.2 Å². The second kappa shape index (κ2) is 18.1. The summed E-state index contributed by atoms with van der Waals surface area (Å²) >= 11 is 0. The van der Waals surface area contributed by atoms with Gasteiger partial charge in [-0.3, -0.25) is 4.79 Å². The summed E-state index contributed by atoms with van der Waals surface area (Å²) < 4.78 is 0. The number of hydrogen-bond acceptors (Lipinski definition) is 8.